The van der Waals surface area contributed by atoms with Gasteiger partial charge in [0.15, 0.2) is 11.5 Å². The SMILES string of the molecule is COc1ccc(CNC(=O)CN(C)Cc2cc([N+](=O)[O-])ccc2Cl)cc1OC. The molecule has 1 amide bonds. The zero-order chi connectivity index (χ0) is 20.7. The van der Waals surface area contributed by atoms with E-state index in [1.54, 1.807) is 38.3 Å². The smallest absolute Gasteiger partial charge is 0.269 e. The summed E-state index contributed by atoms with van der Waals surface area (Å²) in [5.74, 6) is 1.02. The lowest BCUT2D eigenvalue weighted by Gasteiger charge is -2.17. The number of ether oxygens (including phenoxy) is 2. The van der Waals surface area contributed by atoms with E-state index < -0.39 is 4.92 Å². The number of nitro benzene ring substituents is 1. The number of nitro groups is 1. The molecule has 0 saturated carbocycles. The minimum atomic E-state index is -0.477. The Balaban J connectivity index is 1.91. The predicted octanol–water partition coefficient (Wildman–Crippen LogP) is 3.01. The van der Waals surface area contributed by atoms with Crippen molar-refractivity contribution in [1.82, 2.24) is 10.2 Å². The Morgan fingerprint density at radius 3 is 2.54 bits per heavy atom. The van der Waals surface area contributed by atoms with Crippen LogP contribution in [0.4, 0.5) is 5.69 Å². The first-order valence-corrected chi connectivity index (χ1v) is 8.80. The van der Waals surface area contributed by atoms with Gasteiger partial charge in [0.25, 0.3) is 5.69 Å². The summed E-state index contributed by atoms with van der Waals surface area (Å²) in [6, 6.07) is 9.67. The molecule has 8 nitrogen and oxygen atoms in total. The topological polar surface area (TPSA) is 93.9 Å². The molecule has 2 aromatic rings. The number of methoxy groups -OCH3 is 2. The van der Waals surface area contributed by atoms with E-state index in [2.05, 4.69) is 5.32 Å². The number of rotatable bonds is 9. The van der Waals surface area contributed by atoms with Crippen molar-refractivity contribution >= 4 is 23.2 Å². The summed E-state index contributed by atoms with van der Waals surface area (Å²) in [6.45, 7) is 0.765. The van der Waals surface area contributed by atoms with Crippen molar-refractivity contribution in [3.8, 4) is 11.5 Å². The monoisotopic (exact) mass is 407 g/mol. The summed E-state index contributed by atoms with van der Waals surface area (Å²) in [5.41, 5.74) is 1.42. The lowest BCUT2D eigenvalue weighted by atomic mass is 10.2. The summed E-state index contributed by atoms with van der Waals surface area (Å²) >= 11 is 6.10. The van der Waals surface area contributed by atoms with Gasteiger partial charge in [-0.25, -0.2) is 0 Å². The highest BCUT2D eigenvalue weighted by Crippen LogP contribution is 2.27. The van der Waals surface area contributed by atoms with E-state index >= 15 is 0 Å². The van der Waals surface area contributed by atoms with E-state index in [0.717, 1.165) is 5.56 Å². The van der Waals surface area contributed by atoms with Crippen molar-refractivity contribution in [2.45, 2.75) is 13.1 Å². The third-order valence-corrected chi connectivity index (χ3v) is 4.40. The van der Waals surface area contributed by atoms with E-state index in [1.165, 1.54) is 18.2 Å². The molecule has 0 aliphatic carbocycles. The van der Waals surface area contributed by atoms with Gasteiger partial charge in [-0.15, -0.1) is 0 Å². The Morgan fingerprint density at radius 2 is 1.89 bits per heavy atom. The maximum atomic E-state index is 12.2. The van der Waals surface area contributed by atoms with E-state index in [1.807, 2.05) is 6.07 Å². The number of nitrogens with zero attached hydrogens (tertiary/aromatic N) is 2. The van der Waals surface area contributed by atoms with Crippen LogP contribution in [0.15, 0.2) is 36.4 Å². The number of amides is 1. The average Bonchev–Trinajstić information content (AvgIpc) is 2.67. The number of non-ortho nitro benzene ring substituents is 1. The quantitative estimate of drug-likeness (QED) is 0.507. The maximum Gasteiger partial charge on any atom is 0.269 e. The second kappa shape index (κ2) is 9.91. The molecule has 1 N–H and O–H groups in total. The van der Waals surface area contributed by atoms with Gasteiger partial charge in [-0.3, -0.25) is 19.8 Å². The number of hydrogen-bond acceptors (Lipinski definition) is 6. The first-order chi connectivity index (χ1) is 13.3. The van der Waals surface area contributed by atoms with Gasteiger partial charge in [-0.2, -0.15) is 0 Å². The summed E-state index contributed by atoms with van der Waals surface area (Å²) < 4.78 is 10.4. The number of halogens is 1. The minimum absolute atomic E-state index is 0.0364. The predicted molar refractivity (Wildman–Crippen MR) is 106 cm³/mol. The van der Waals surface area contributed by atoms with E-state index in [4.69, 9.17) is 21.1 Å². The molecule has 0 spiro atoms. The van der Waals surface area contributed by atoms with Crippen LogP contribution >= 0.6 is 11.6 Å². The molecule has 28 heavy (non-hydrogen) atoms. The molecule has 0 fully saturated rings. The molecular formula is C19H22ClN3O5. The summed E-state index contributed by atoms with van der Waals surface area (Å²) in [6.07, 6.45) is 0. The van der Waals surface area contributed by atoms with Crippen molar-refractivity contribution in [2.24, 2.45) is 0 Å². The van der Waals surface area contributed by atoms with Crippen molar-refractivity contribution in [1.29, 1.82) is 0 Å². The summed E-state index contributed by atoms with van der Waals surface area (Å²) in [5, 5.41) is 14.2. The highest BCUT2D eigenvalue weighted by molar-refractivity contribution is 6.31. The Hall–Kier alpha value is -2.84. The number of carbonyl (C=O) groups is 1. The third-order valence-electron chi connectivity index (χ3n) is 4.03. The first-order valence-electron chi connectivity index (χ1n) is 8.43. The number of nitrogens with one attached hydrogen (secondary N) is 1. The number of carbonyl (C=O) groups excluding carboxylic acids is 1. The lowest BCUT2D eigenvalue weighted by molar-refractivity contribution is -0.384. The fraction of sp³-hybridized carbons (Fsp3) is 0.316. The fourth-order valence-corrected chi connectivity index (χ4v) is 2.81. The summed E-state index contributed by atoms with van der Waals surface area (Å²) in [7, 11) is 4.85. The normalized spacial score (nSPS) is 10.6. The summed E-state index contributed by atoms with van der Waals surface area (Å²) in [4.78, 5) is 24.4. The fourth-order valence-electron chi connectivity index (χ4n) is 2.63. The van der Waals surface area contributed by atoms with Crippen LogP contribution in [-0.2, 0) is 17.9 Å². The van der Waals surface area contributed by atoms with Gasteiger partial charge < -0.3 is 14.8 Å². The van der Waals surface area contributed by atoms with Gasteiger partial charge in [0, 0.05) is 30.2 Å². The molecule has 150 valence electrons. The van der Waals surface area contributed by atoms with Crippen molar-refractivity contribution in [2.75, 3.05) is 27.8 Å². The van der Waals surface area contributed by atoms with Crippen LogP contribution in [0, 0.1) is 10.1 Å². The van der Waals surface area contributed by atoms with Crippen molar-refractivity contribution in [3.05, 3.63) is 62.7 Å². The molecule has 0 unspecified atom stereocenters. The first kappa shape index (κ1) is 21.5. The second-order valence-corrected chi connectivity index (χ2v) is 6.58. The molecule has 0 heterocycles. The average molecular weight is 408 g/mol. The second-order valence-electron chi connectivity index (χ2n) is 6.17. The largest absolute Gasteiger partial charge is 0.493 e. The zero-order valence-electron chi connectivity index (χ0n) is 15.9. The number of likely N-dealkylation sites (N-methyl/N-ethyl adjacent to an activating group) is 1. The van der Waals surface area contributed by atoms with E-state index in [-0.39, 0.29) is 18.1 Å². The van der Waals surface area contributed by atoms with Crippen molar-refractivity contribution < 1.29 is 19.2 Å². The van der Waals surface area contributed by atoms with Gasteiger partial charge in [-0.05, 0) is 36.4 Å². The van der Waals surface area contributed by atoms with Crippen LogP contribution in [0.2, 0.25) is 5.02 Å². The van der Waals surface area contributed by atoms with Gasteiger partial charge in [0.05, 0.1) is 25.7 Å². The Morgan fingerprint density at radius 1 is 1.18 bits per heavy atom. The molecular weight excluding hydrogens is 386 g/mol. The molecule has 0 bridgehead atoms. The highest BCUT2D eigenvalue weighted by atomic mass is 35.5. The molecule has 0 radical (unpaired) electrons. The third kappa shape index (κ3) is 5.83. The number of hydrogen-bond donors (Lipinski definition) is 1. The molecule has 2 rings (SSSR count). The maximum absolute atomic E-state index is 12.2. The van der Waals surface area contributed by atoms with Crippen LogP contribution in [0.3, 0.4) is 0 Å². The number of benzene rings is 2. The zero-order valence-corrected chi connectivity index (χ0v) is 16.7. The standard InChI is InChI=1S/C19H22ClN3O5/c1-22(11-14-9-15(23(25)26)5-6-16(14)20)12-19(24)21-10-13-4-7-17(27-2)18(8-13)28-3/h4-9H,10-12H2,1-3H3,(H,21,24). The van der Waals surface area contributed by atoms with Crippen LogP contribution < -0.4 is 14.8 Å². The van der Waals surface area contributed by atoms with Crippen LogP contribution in [0.1, 0.15) is 11.1 Å². The molecule has 2 aromatic carbocycles. The Bertz CT molecular complexity index is 859. The van der Waals surface area contributed by atoms with Gasteiger partial charge in [0.2, 0.25) is 5.91 Å². The molecule has 0 atom stereocenters. The Labute approximate surface area is 168 Å². The molecule has 0 aromatic heterocycles. The Kier molecular flexibility index (Phi) is 7.60. The van der Waals surface area contributed by atoms with Crippen molar-refractivity contribution in [3.63, 3.8) is 0 Å². The van der Waals surface area contributed by atoms with Gasteiger partial charge in [-0.1, -0.05) is 17.7 Å². The molecule has 0 aliphatic heterocycles. The van der Waals surface area contributed by atoms with Gasteiger partial charge >= 0.3 is 0 Å². The molecule has 0 saturated heterocycles. The van der Waals surface area contributed by atoms with E-state index in [0.29, 0.717) is 35.2 Å². The highest BCUT2D eigenvalue weighted by Gasteiger charge is 2.13. The van der Waals surface area contributed by atoms with Crippen LogP contribution in [0.25, 0.3) is 0 Å². The van der Waals surface area contributed by atoms with E-state index in [9.17, 15) is 14.9 Å². The molecule has 0 aliphatic rings. The minimum Gasteiger partial charge on any atom is -0.493 e. The lowest BCUT2D eigenvalue weighted by Crippen LogP contribution is -2.34. The molecule has 9 heteroatoms. The van der Waals surface area contributed by atoms with Crippen LogP contribution in [-0.4, -0.2) is 43.5 Å². The van der Waals surface area contributed by atoms with Crippen LogP contribution in [0.5, 0.6) is 11.5 Å². The van der Waals surface area contributed by atoms with Gasteiger partial charge in [0.1, 0.15) is 0 Å².